The molecular formula is C6H7F2NO2. The zero-order valence-electron chi connectivity index (χ0n) is 5.79. The van der Waals surface area contributed by atoms with Gasteiger partial charge in [-0.05, 0) is 6.92 Å². The molecule has 5 heteroatoms. The van der Waals surface area contributed by atoms with E-state index < -0.39 is 17.8 Å². The molecule has 0 amide bonds. The van der Waals surface area contributed by atoms with Gasteiger partial charge in [0.25, 0.3) is 0 Å². The zero-order chi connectivity index (χ0) is 8.48. The van der Waals surface area contributed by atoms with Crippen molar-refractivity contribution in [3.8, 4) is 0 Å². The highest BCUT2D eigenvalue weighted by Gasteiger charge is 2.40. The molecule has 0 saturated heterocycles. The quantitative estimate of drug-likeness (QED) is 0.711. The maximum Gasteiger partial charge on any atom is 0.331 e. The van der Waals surface area contributed by atoms with Gasteiger partial charge in [0.2, 0.25) is 0 Å². The number of hydrogen-bond donors (Lipinski definition) is 1. The SMILES string of the molecule is CC(O)C(F)(F)c1cnco1. The highest BCUT2D eigenvalue weighted by atomic mass is 19.3. The molecule has 1 N–H and O–H groups in total. The molecule has 1 unspecified atom stereocenters. The molecule has 11 heavy (non-hydrogen) atoms. The van der Waals surface area contributed by atoms with Gasteiger partial charge in [0.15, 0.2) is 12.2 Å². The van der Waals surface area contributed by atoms with Crippen LogP contribution < -0.4 is 0 Å². The highest BCUT2D eigenvalue weighted by Crippen LogP contribution is 2.30. The van der Waals surface area contributed by atoms with E-state index in [1.54, 1.807) is 0 Å². The molecule has 0 fully saturated rings. The molecule has 0 aliphatic rings. The molecular weight excluding hydrogens is 156 g/mol. The molecule has 62 valence electrons. The van der Waals surface area contributed by atoms with Gasteiger partial charge in [-0.1, -0.05) is 0 Å². The van der Waals surface area contributed by atoms with Crippen molar-refractivity contribution in [1.29, 1.82) is 0 Å². The number of halogens is 2. The molecule has 1 heterocycles. The van der Waals surface area contributed by atoms with Crippen LogP contribution in [0.3, 0.4) is 0 Å². The zero-order valence-corrected chi connectivity index (χ0v) is 5.79. The summed E-state index contributed by atoms with van der Waals surface area (Å²) in [7, 11) is 0. The first-order chi connectivity index (χ1) is 5.05. The minimum atomic E-state index is -3.35. The van der Waals surface area contributed by atoms with Crippen LogP contribution in [-0.2, 0) is 5.92 Å². The lowest BCUT2D eigenvalue weighted by Gasteiger charge is -2.15. The van der Waals surface area contributed by atoms with Crippen molar-refractivity contribution in [1.82, 2.24) is 4.98 Å². The second kappa shape index (κ2) is 2.58. The second-order valence-electron chi connectivity index (χ2n) is 2.16. The number of aromatic nitrogens is 1. The average molecular weight is 163 g/mol. The lowest BCUT2D eigenvalue weighted by Crippen LogP contribution is -2.27. The van der Waals surface area contributed by atoms with Gasteiger partial charge in [0.05, 0.1) is 6.20 Å². The first-order valence-electron chi connectivity index (χ1n) is 3.00. The number of oxazole rings is 1. The fourth-order valence-electron chi connectivity index (χ4n) is 0.586. The van der Waals surface area contributed by atoms with E-state index >= 15 is 0 Å². The summed E-state index contributed by atoms with van der Waals surface area (Å²) in [6.45, 7) is 0.989. The molecule has 0 radical (unpaired) electrons. The summed E-state index contributed by atoms with van der Waals surface area (Å²) in [5, 5.41) is 8.61. The van der Waals surface area contributed by atoms with E-state index in [0.29, 0.717) is 0 Å². The molecule has 3 nitrogen and oxygen atoms in total. The van der Waals surface area contributed by atoms with Crippen LogP contribution in [0.2, 0.25) is 0 Å². The predicted molar refractivity (Wildman–Crippen MR) is 32.1 cm³/mol. The van der Waals surface area contributed by atoms with Crippen LogP contribution in [0.25, 0.3) is 0 Å². The Balaban J connectivity index is 2.90. The molecule has 1 aromatic rings. The Kier molecular flexibility index (Phi) is 1.90. The van der Waals surface area contributed by atoms with Gasteiger partial charge in [-0.3, -0.25) is 0 Å². The van der Waals surface area contributed by atoms with Gasteiger partial charge in [0.1, 0.15) is 6.10 Å². The van der Waals surface area contributed by atoms with Crippen molar-refractivity contribution >= 4 is 0 Å². The molecule has 0 spiro atoms. The Hall–Kier alpha value is -0.970. The van der Waals surface area contributed by atoms with Crippen molar-refractivity contribution < 1.29 is 18.3 Å². The summed E-state index contributed by atoms with van der Waals surface area (Å²) in [6, 6.07) is 0. The second-order valence-corrected chi connectivity index (χ2v) is 2.16. The topological polar surface area (TPSA) is 46.3 Å². The summed E-state index contributed by atoms with van der Waals surface area (Å²) < 4.78 is 29.8. The van der Waals surface area contributed by atoms with Gasteiger partial charge in [-0.2, -0.15) is 8.78 Å². The monoisotopic (exact) mass is 163 g/mol. The number of aliphatic hydroxyl groups is 1. The molecule has 1 rings (SSSR count). The van der Waals surface area contributed by atoms with Crippen LogP contribution in [0.5, 0.6) is 0 Å². The summed E-state index contributed by atoms with van der Waals surface area (Å²) in [5.74, 6) is -3.97. The fourth-order valence-corrected chi connectivity index (χ4v) is 0.586. The van der Waals surface area contributed by atoms with Crippen LogP contribution in [0.15, 0.2) is 17.0 Å². The first kappa shape index (κ1) is 8.13. The van der Waals surface area contributed by atoms with Gasteiger partial charge in [-0.15, -0.1) is 0 Å². The first-order valence-corrected chi connectivity index (χ1v) is 3.00. The molecule has 0 aromatic carbocycles. The smallest absolute Gasteiger partial charge is 0.331 e. The third-order valence-corrected chi connectivity index (χ3v) is 1.29. The molecule has 1 aromatic heterocycles. The normalized spacial score (nSPS) is 14.9. The molecule has 0 bridgehead atoms. The number of aliphatic hydroxyl groups excluding tert-OH is 1. The third-order valence-electron chi connectivity index (χ3n) is 1.29. The van der Waals surface area contributed by atoms with Crippen molar-refractivity contribution in [3.63, 3.8) is 0 Å². The van der Waals surface area contributed by atoms with Crippen LogP contribution in [0, 0.1) is 0 Å². The van der Waals surface area contributed by atoms with E-state index in [1.165, 1.54) is 0 Å². The van der Waals surface area contributed by atoms with Crippen molar-refractivity contribution in [2.75, 3.05) is 0 Å². The average Bonchev–Trinajstić information content (AvgIpc) is 2.37. The summed E-state index contributed by atoms with van der Waals surface area (Å²) in [6.07, 6.45) is 0.00803. The Morgan fingerprint density at radius 2 is 2.36 bits per heavy atom. The molecule has 0 aliphatic heterocycles. The lowest BCUT2D eigenvalue weighted by molar-refractivity contribution is -0.120. The van der Waals surface area contributed by atoms with Crippen molar-refractivity contribution in [2.24, 2.45) is 0 Å². The van der Waals surface area contributed by atoms with Gasteiger partial charge in [-0.25, -0.2) is 4.98 Å². The minimum absolute atomic E-state index is 0.618. The van der Waals surface area contributed by atoms with E-state index in [1.807, 2.05) is 0 Å². The Bertz CT molecular complexity index is 220. The van der Waals surface area contributed by atoms with Gasteiger partial charge >= 0.3 is 5.92 Å². The van der Waals surface area contributed by atoms with Crippen molar-refractivity contribution in [3.05, 3.63) is 18.4 Å². The molecule has 1 atom stereocenters. The molecule has 0 aliphatic carbocycles. The number of nitrogens with zero attached hydrogens (tertiary/aromatic N) is 1. The third kappa shape index (κ3) is 1.37. The Labute approximate surface area is 61.7 Å². The summed E-state index contributed by atoms with van der Waals surface area (Å²) in [4.78, 5) is 3.31. The summed E-state index contributed by atoms with van der Waals surface area (Å²) >= 11 is 0. The van der Waals surface area contributed by atoms with E-state index in [0.717, 1.165) is 19.5 Å². The Morgan fingerprint density at radius 3 is 2.73 bits per heavy atom. The van der Waals surface area contributed by atoms with Gasteiger partial charge < -0.3 is 9.52 Å². The fraction of sp³-hybridized carbons (Fsp3) is 0.500. The van der Waals surface area contributed by atoms with E-state index in [9.17, 15) is 8.78 Å². The van der Waals surface area contributed by atoms with Crippen LogP contribution in [0.1, 0.15) is 12.7 Å². The molecule has 0 saturated carbocycles. The summed E-state index contributed by atoms with van der Waals surface area (Å²) in [5.41, 5.74) is 0. The van der Waals surface area contributed by atoms with Crippen LogP contribution in [0.4, 0.5) is 8.78 Å². The van der Waals surface area contributed by atoms with Crippen LogP contribution >= 0.6 is 0 Å². The standard InChI is InChI=1S/C6H7F2NO2/c1-4(10)6(7,8)5-2-9-3-11-5/h2-4,10H,1H3. The predicted octanol–water partition coefficient (Wildman–Crippen LogP) is 1.15. The number of rotatable bonds is 2. The van der Waals surface area contributed by atoms with Gasteiger partial charge in [0, 0.05) is 0 Å². The largest absolute Gasteiger partial charge is 0.442 e. The van der Waals surface area contributed by atoms with E-state index in [2.05, 4.69) is 9.40 Å². The maximum absolute atomic E-state index is 12.7. The number of alkyl halides is 2. The van der Waals surface area contributed by atoms with Crippen molar-refractivity contribution in [2.45, 2.75) is 19.0 Å². The maximum atomic E-state index is 12.7. The number of hydrogen-bond acceptors (Lipinski definition) is 3. The highest BCUT2D eigenvalue weighted by molar-refractivity contribution is 5.00. The van der Waals surface area contributed by atoms with E-state index in [4.69, 9.17) is 5.11 Å². The lowest BCUT2D eigenvalue weighted by atomic mass is 10.2. The Morgan fingerprint density at radius 1 is 1.73 bits per heavy atom. The van der Waals surface area contributed by atoms with E-state index in [-0.39, 0.29) is 0 Å². The minimum Gasteiger partial charge on any atom is -0.442 e. The van der Waals surface area contributed by atoms with Crippen LogP contribution in [-0.4, -0.2) is 16.2 Å².